The Morgan fingerprint density at radius 3 is 2.56 bits per heavy atom. The minimum Gasteiger partial charge on any atom is -0.493 e. The molecule has 0 amide bonds. The van der Waals surface area contributed by atoms with Gasteiger partial charge in [0.2, 0.25) is 0 Å². The van der Waals surface area contributed by atoms with Crippen LogP contribution in [-0.4, -0.2) is 13.7 Å². The zero-order valence-corrected chi connectivity index (χ0v) is 12.0. The molecule has 0 saturated heterocycles. The van der Waals surface area contributed by atoms with E-state index >= 15 is 0 Å². The summed E-state index contributed by atoms with van der Waals surface area (Å²) in [6.07, 6.45) is 6.07. The second-order valence-corrected chi connectivity index (χ2v) is 4.72. The monoisotopic (exact) mass is 249 g/mol. The van der Waals surface area contributed by atoms with Gasteiger partial charge in [-0.1, -0.05) is 51.3 Å². The van der Waals surface area contributed by atoms with Gasteiger partial charge in [0.25, 0.3) is 0 Å². The van der Waals surface area contributed by atoms with E-state index in [9.17, 15) is 0 Å². The number of hydrogen-bond acceptors (Lipinski definition) is 2. The summed E-state index contributed by atoms with van der Waals surface area (Å²) in [5, 5.41) is 3.41. The molecule has 1 rings (SSSR count). The highest BCUT2D eigenvalue weighted by Crippen LogP contribution is 2.28. The maximum Gasteiger partial charge on any atom is 0.124 e. The topological polar surface area (TPSA) is 21.3 Å². The number of nitrogens with one attached hydrogen (secondary N) is 1. The van der Waals surface area contributed by atoms with Crippen LogP contribution in [0.5, 0.6) is 5.75 Å². The van der Waals surface area contributed by atoms with Gasteiger partial charge >= 0.3 is 0 Å². The Hall–Kier alpha value is -1.02. The van der Waals surface area contributed by atoms with E-state index in [0.717, 1.165) is 18.8 Å². The largest absolute Gasteiger partial charge is 0.493 e. The van der Waals surface area contributed by atoms with E-state index in [4.69, 9.17) is 4.74 Å². The fraction of sp³-hybridized carbons (Fsp3) is 0.625. The van der Waals surface area contributed by atoms with Crippen molar-refractivity contribution in [2.45, 2.75) is 52.0 Å². The van der Waals surface area contributed by atoms with E-state index < -0.39 is 0 Å². The zero-order valence-electron chi connectivity index (χ0n) is 12.0. The lowest BCUT2D eigenvalue weighted by Crippen LogP contribution is -2.17. The molecule has 0 heterocycles. The number of benzene rings is 1. The van der Waals surface area contributed by atoms with Crippen LogP contribution in [0.3, 0.4) is 0 Å². The van der Waals surface area contributed by atoms with E-state index in [1.165, 1.54) is 31.2 Å². The second kappa shape index (κ2) is 8.98. The molecule has 2 heteroatoms. The molecule has 1 atom stereocenters. The van der Waals surface area contributed by atoms with E-state index in [2.05, 4.69) is 37.4 Å². The Morgan fingerprint density at radius 2 is 1.89 bits per heavy atom. The van der Waals surface area contributed by atoms with Crippen molar-refractivity contribution in [3.8, 4) is 5.75 Å². The first-order chi connectivity index (χ1) is 8.83. The second-order valence-electron chi connectivity index (χ2n) is 4.72. The number of ether oxygens (including phenoxy) is 1. The molecule has 0 aliphatic heterocycles. The van der Waals surface area contributed by atoms with Gasteiger partial charge in [0.05, 0.1) is 6.61 Å². The molecule has 2 nitrogen and oxygen atoms in total. The molecule has 0 radical (unpaired) electrons. The predicted molar refractivity (Wildman–Crippen MR) is 78.2 cm³/mol. The summed E-state index contributed by atoms with van der Waals surface area (Å²) in [5.41, 5.74) is 1.30. The third-order valence-electron chi connectivity index (χ3n) is 3.20. The standard InChI is InChI=1S/C16H27NO/c1-4-6-7-11-15(17-3)14-10-8-9-12-16(14)18-13-5-2/h8-10,12,15,17H,4-7,11,13H2,1-3H3. The highest BCUT2D eigenvalue weighted by Gasteiger charge is 2.13. The Kier molecular flexibility index (Phi) is 7.51. The first-order valence-electron chi connectivity index (χ1n) is 7.22. The third-order valence-corrected chi connectivity index (χ3v) is 3.20. The molecule has 0 bridgehead atoms. The van der Waals surface area contributed by atoms with Crippen molar-refractivity contribution in [2.24, 2.45) is 0 Å². The van der Waals surface area contributed by atoms with Crippen LogP contribution < -0.4 is 10.1 Å². The van der Waals surface area contributed by atoms with Gasteiger partial charge in [-0.05, 0) is 26.0 Å². The smallest absolute Gasteiger partial charge is 0.124 e. The quantitative estimate of drug-likeness (QED) is 0.658. The van der Waals surface area contributed by atoms with Gasteiger partial charge in [0.1, 0.15) is 5.75 Å². The first-order valence-corrected chi connectivity index (χ1v) is 7.22. The molecule has 0 fully saturated rings. The van der Waals surface area contributed by atoms with Gasteiger partial charge < -0.3 is 10.1 Å². The summed E-state index contributed by atoms with van der Waals surface area (Å²) in [5.74, 6) is 1.04. The normalized spacial score (nSPS) is 12.4. The average molecular weight is 249 g/mol. The van der Waals surface area contributed by atoms with Crippen molar-refractivity contribution >= 4 is 0 Å². The number of unbranched alkanes of at least 4 members (excludes halogenated alkanes) is 2. The first kappa shape index (κ1) is 15.0. The lowest BCUT2D eigenvalue weighted by Gasteiger charge is -2.20. The van der Waals surface area contributed by atoms with Crippen molar-refractivity contribution in [1.29, 1.82) is 0 Å². The minimum absolute atomic E-state index is 0.407. The molecule has 1 unspecified atom stereocenters. The highest BCUT2D eigenvalue weighted by molar-refractivity contribution is 5.35. The molecule has 1 aromatic rings. The molecule has 0 aliphatic rings. The van der Waals surface area contributed by atoms with Gasteiger partial charge in [0.15, 0.2) is 0 Å². The highest BCUT2D eigenvalue weighted by atomic mass is 16.5. The van der Waals surface area contributed by atoms with E-state index in [1.807, 2.05) is 13.1 Å². The van der Waals surface area contributed by atoms with Gasteiger partial charge in [-0.25, -0.2) is 0 Å². The lowest BCUT2D eigenvalue weighted by molar-refractivity contribution is 0.309. The van der Waals surface area contributed by atoms with Crippen LogP contribution in [0.1, 0.15) is 57.6 Å². The molecule has 1 aromatic carbocycles. The average Bonchev–Trinajstić information content (AvgIpc) is 2.42. The van der Waals surface area contributed by atoms with E-state index in [-0.39, 0.29) is 0 Å². The SMILES string of the molecule is CCCCCC(NC)c1ccccc1OCCC. The summed E-state index contributed by atoms with van der Waals surface area (Å²) in [7, 11) is 2.03. The maximum atomic E-state index is 5.84. The molecular formula is C16H27NO. The fourth-order valence-corrected chi connectivity index (χ4v) is 2.17. The van der Waals surface area contributed by atoms with Crippen molar-refractivity contribution < 1.29 is 4.74 Å². The summed E-state index contributed by atoms with van der Waals surface area (Å²) < 4.78 is 5.84. The predicted octanol–water partition coefficient (Wildman–Crippen LogP) is 4.32. The van der Waals surface area contributed by atoms with Crippen molar-refractivity contribution in [1.82, 2.24) is 5.32 Å². The lowest BCUT2D eigenvalue weighted by atomic mass is 9.99. The van der Waals surface area contributed by atoms with Crippen LogP contribution >= 0.6 is 0 Å². The minimum atomic E-state index is 0.407. The van der Waals surface area contributed by atoms with Crippen LogP contribution in [0, 0.1) is 0 Å². The van der Waals surface area contributed by atoms with Crippen LogP contribution in [0.25, 0.3) is 0 Å². The van der Waals surface area contributed by atoms with Gasteiger partial charge in [-0.2, -0.15) is 0 Å². The number of rotatable bonds is 9. The Labute approximate surface area is 112 Å². The summed E-state index contributed by atoms with van der Waals surface area (Å²) in [4.78, 5) is 0. The number of para-hydroxylation sites is 1. The van der Waals surface area contributed by atoms with Gasteiger partial charge in [-0.3, -0.25) is 0 Å². The van der Waals surface area contributed by atoms with Crippen molar-refractivity contribution in [3.63, 3.8) is 0 Å². The van der Waals surface area contributed by atoms with Crippen molar-refractivity contribution in [2.75, 3.05) is 13.7 Å². The number of hydrogen-bond donors (Lipinski definition) is 1. The van der Waals surface area contributed by atoms with Crippen molar-refractivity contribution in [3.05, 3.63) is 29.8 Å². The molecule has 0 aromatic heterocycles. The van der Waals surface area contributed by atoms with E-state index in [0.29, 0.717) is 6.04 Å². The molecule has 1 N–H and O–H groups in total. The van der Waals surface area contributed by atoms with E-state index in [1.54, 1.807) is 0 Å². The fourth-order valence-electron chi connectivity index (χ4n) is 2.17. The summed E-state index contributed by atoms with van der Waals surface area (Å²) in [6, 6.07) is 8.81. The van der Waals surface area contributed by atoms with Crippen LogP contribution in [0.4, 0.5) is 0 Å². The molecule has 102 valence electrons. The molecule has 0 aliphatic carbocycles. The van der Waals surface area contributed by atoms with Crippen LogP contribution in [0.2, 0.25) is 0 Å². The Balaban J connectivity index is 2.70. The molecule has 0 saturated carbocycles. The zero-order chi connectivity index (χ0) is 13.2. The summed E-state index contributed by atoms with van der Waals surface area (Å²) >= 11 is 0. The Morgan fingerprint density at radius 1 is 1.11 bits per heavy atom. The van der Waals surface area contributed by atoms with Gasteiger partial charge in [-0.15, -0.1) is 0 Å². The molecule has 0 spiro atoms. The molecular weight excluding hydrogens is 222 g/mol. The Bertz CT molecular complexity index is 325. The summed E-state index contributed by atoms with van der Waals surface area (Å²) in [6.45, 7) is 5.18. The third kappa shape index (κ3) is 4.69. The van der Waals surface area contributed by atoms with Crippen LogP contribution in [0.15, 0.2) is 24.3 Å². The maximum absolute atomic E-state index is 5.84. The molecule has 18 heavy (non-hydrogen) atoms. The van der Waals surface area contributed by atoms with Crippen LogP contribution in [-0.2, 0) is 0 Å². The van der Waals surface area contributed by atoms with Gasteiger partial charge in [0, 0.05) is 11.6 Å².